The van der Waals surface area contributed by atoms with Gasteiger partial charge in [0.2, 0.25) is 0 Å². The molecular formula is C23H26. The fraction of sp³-hybridized carbons (Fsp3) is 0.391. The Morgan fingerprint density at radius 1 is 0.913 bits per heavy atom. The summed E-state index contributed by atoms with van der Waals surface area (Å²) in [5, 5.41) is 2.81. The summed E-state index contributed by atoms with van der Waals surface area (Å²) in [6.45, 7) is 11.7. The summed E-state index contributed by atoms with van der Waals surface area (Å²) in [7, 11) is 0. The van der Waals surface area contributed by atoms with Gasteiger partial charge in [0.25, 0.3) is 0 Å². The second kappa shape index (κ2) is 4.60. The molecular weight excluding hydrogens is 276 g/mol. The van der Waals surface area contributed by atoms with Gasteiger partial charge in [0.05, 0.1) is 0 Å². The van der Waals surface area contributed by atoms with Crippen LogP contribution in [0, 0.1) is 12.3 Å². The minimum Gasteiger partial charge on any atom is -0.0779 e. The molecule has 0 aliphatic heterocycles. The summed E-state index contributed by atoms with van der Waals surface area (Å²) < 4.78 is 0. The Kier molecular flexibility index (Phi) is 2.95. The van der Waals surface area contributed by atoms with Crippen LogP contribution in [0.5, 0.6) is 0 Å². The molecule has 0 atom stereocenters. The molecule has 0 aromatic heterocycles. The summed E-state index contributed by atoms with van der Waals surface area (Å²) in [4.78, 5) is 0. The van der Waals surface area contributed by atoms with Crippen LogP contribution in [0.1, 0.15) is 57.2 Å². The zero-order valence-electron chi connectivity index (χ0n) is 15.0. The normalized spacial score (nSPS) is 21.3. The highest BCUT2D eigenvalue weighted by atomic mass is 14.4. The van der Waals surface area contributed by atoms with Gasteiger partial charge in [0, 0.05) is 0 Å². The quantitative estimate of drug-likeness (QED) is 0.516. The van der Waals surface area contributed by atoms with Crippen LogP contribution in [0.2, 0.25) is 0 Å². The largest absolute Gasteiger partial charge is 0.0779 e. The fourth-order valence-corrected chi connectivity index (χ4v) is 4.58. The molecule has 0 heterocycles. The first-order valence-electron chi connectivity index (χ1n) is 8.72. The smallest absolute Gasteiger partial charge is 0.00538 e. The molecule has 0 heteroatoms. The van der Waals surface area contributed by atoms with Gasteiger partial charge in [-0.3, -0.25) is 0 Å². The third kappa shape index (κ3) is 2.27. The van der Waals surface area contributed by atoms with Crippen LogP contribution in [0.25, 0.3) is 16.3 Å². The van der Waals surface area contributed by atoms with E-state index in [9.17, 15) is 0 Å². The van der Waals surface area contributed by atoms with E-state index >= 15 is 0 Å². The average molecular weight is 302 g/mol. The van der Waals surface area contributed by atoms with Crippen LogP contribution in [-0.2, 0) is 5.41 Å². The van der Waals surface area contributed by atoms with E-state index in [-0.39, 0.29) is 5.41 Å². The molecule has 0 radical (unpaired) electrons. The molecule has 0 nitrogen and oxygen atoms in total. The molecule has 0 spiro atoms. The highest BCUT2D eigenvalue weighted by molar-refractivity contribution is 5.95. The molecule has 0 amide bonds. The van der Waals surface area contributed by atoms with Gasteiger partial charge in [-0.05, 0) is 58.1 Å². The van der Waals surface area contributed by atoms with E-state index in [0.29, 0.717) is 5.41 Å². The number of allylic oxidation sites excluding steroid dienone is 4. The summed E-state index contributed by atoms with van der Waals surface area (Å²) in [5.74, 6) is 0. The molecule has 0 fully saturated rings. The third-order valence-electron chi connectivity index (χ3n) is 5.55. The van der Waals surface area contributed by atoms with Crippen LogP contribution < -0.4 is 0 Å². The van der Waals surface area contributed by atoms with E-state index in [1.54, 1.807) is 11.1 Å². The van der Waals surface area contributed by atoms with Crippen molar-refractivity contribution in [2.24, 2.45) is 5.41 Å². The lowest BCUT2D eigenvalue weighted by Crippen LogP contribution is -2.27. The molecule has 0 bridgehead atoms. The van der Waals surface area contributed by atoms with E-state index in [0.717, 1.165) is 0 Å². The number of aryl methyl sites for hydroxylation is 1. The van der Waals surface area contributed by atoms with E-state index in [2.05, 4.69) is 77.1 Å². The summed E-state index contributed by atoms with van der Waals surface area (Å²) >= 11 is 0. The van der Waals surface area contributed by atoms with E-state index in [4.69, 9.17) is 0 Å². The molecule has 23 heavy (non-hydrogen) atoms. The van der Waals surface area contributed by atoms with Crippen molar-refractivity contribution in [2.45, 2.75) is 52.9 Å². The number of hydrogen-bond donors (Lipinski definition) is 0. The van der Waals surface area contributed by atoms with Crippen molar-refractivity contribution in [1.29, 1.82) is 0 Å². The van der Waals surface area contributed by atoms with Crippen LogP contribution in [0.15, 0.2) is 48.1 Å². The second-order valence-electron chi connectivity index (χ2n) is 8.79. The van der Waals surface area contributed by atoms with E-state index < -0.39 is 0 Å². The fourth-order valence-electron chi connectivity index (χ4n) is 4.58. The maximum atomic E-state index is 2.42. The Hall–Kier alpha value is -1.82. The maximum Gasteiger partial charge on any atom is -0.00538 e. The number of fused-ring (bicyclic) bond motifs is 4. The SMILES string of the molecule is Cc1ccc2ccc3c(c2c1)C(C)(C)CC1=C3C=CC(C)(C)C1. The van der Waals surface area contributed by atoms with E-state index in [1.807, 2.05) is 0 Å². The first-order chi connectivity index (χ1) is 10.8. The van der Waals surface area contributed by atoms with E-state index in [1.165, 1.54) is 40.3 Å². The molecule has 2 aliphatic rings. The van der Waals surface area contributed by atoms with Crippen molar-refractivity contribution in [3.8, 4) is 0 Å². The number of rotatable bonds is 0. The molecule has 0 unspecified atom stereocenters. The Balaban J connectivity index is 2.04. The molecule has 2 aliphatic carbocycles. The minimum absolute atomic E-state index is 0.197. The standard InChI is InChI=1S/C23H26/c1-15-6-7-16-8-9-19-18-10-11-22(2,3)13-17(18)14-23(4,5)21(19)20(16)12-15/h6-12H,13-14H2,1-5H3. The lowest BCUT2D eigenvalue weighted by atomic mass is 9.64. The molecule has 118 valence electrons. The van der Waals surface area contributed by atoms with Crippen molar-refractivity contribution >= 4 is 16.3 Å². The Morgan fingerprint density at radius 3 is 2.43 bits per heavy atom. The lowest BCUT2D eigenvalue weighted by molar-refractivity contribution is 0.429. The predicted molar refractivity (Wildman–Crippen MR) is 101 cm³/mol. The van der Waals surface area contributed by atoms with Gasteiger partial charge in [-0.15, -0.1) is 0 Å². The third-order valence-corrected chi connectivity index (χ3v) is 5.55. The average Bonchev–Trinajstić information content (AvgIpc) is 2.44. The van der Waals surface area contributed by atoms with Gasteiger partial charge in [-0.25, -0.2) is 0 Å². The minimum atomic E-state index is 0.197. The van der Waals surface area contributed by atoms with Crippen molar-refractivity contribution in [3.63, 3.8) is 0 Å². The van der Waals surface area contributed by atoms with Crippen LogP contribution in [-0.4, -0.2) is 0 Å². The highest BCUT2D eigenvalue weighted by Gasteiger charge is 2.36. The van der Waals surface area contributed by atoms with Crippen molar-refractivity contribution in [3.05, 3.63) is 64.7 Å². The Labute approximate surface area is 139 Å². The van der Waals surface area contributed by atoms with Crippen LogP contribution in [0.4, 0.5) is 0 Å². The Bertz CT molecular complexity index is 872. The monoisotopic (exact) mass is 302 g/mol. The van der Waals surface area contributed by atoms with Crippen LogP contribution >= 0.6 is 0 Å². The molecule has 0 saturated carbocycles. The van der Waals surface area contributed by atoms with Crippen molar-refractivity contribution in [1.82, 2.24) is 0 Å². The highest BCUT2D eigenvalue weighted by Crippen LogP contribution is 2.50. The summed E-state index contributed by atoms with van der Waals surface area (Å²) in [5.41, 5.74) is 7.97. The summed E-state index contributed by atoms with van der Waals surface area (Å²) in [6, 6.07) is 11.5. The molecule has 0 N–H and O–H groups in total. The van der Waals surface area contributed by atoms with Gasteiger partial charge in [0.1, 0.15) is 0 Å². The van der Waals surface area contributed by atoms with Gasteiger partial charge in [-0.1, -0.05) is 81.3 Å². The molecule has 2 aromatic carbocycles. The van der Waals surface area contributed by atoms with Crippen molar-refractivity contribution in [2.75, 3.05) is 0 Å². The van der Waals surface area contributed by atoms with Gasteiger partial charge >= 0.3 is 0 Å². The topological polar surface area (TPSA) is 0 Å². The zero-order valence-corrected chi connectivity index (χ0v) is 15.0. The van der Waals surface area contributed by atoms with Crippen LogP contribution in [0.3, 0.4) is 0 Å². The van der Waals surface area contributed by atoms with Gasteiger partial charge in [-0.2, -0.15) is 0 Å². The molecule has 2 aromatic rings. The first-order valence-corrected chi connectivity index (χ1v) is 8.72. The van der Waals surface area contributed by atoms with Crippen molar-refractivity contribution < 1.29 is 0 Å². The maximum absolute atomic E-state index is 2.42. The van der Waals surface area contributed by atoms with Gasteiger partial charge in [0.15, 0.2) is 0 Å². The zero-order chi connectivity index (χ0) is 16.4. The molecule has 0 saturated heterocycles. The number of benzene rings is 2. The summed E-state index contributed by atoms with van der Waals surface area (Å²) in [6.07, 6.45) is 7.15. The number of hydrogen-bond acceptors (Lipinski definition) is 0. The Morgan fingerprint density at radius 2 is 1.65 bits per heavy atom. The second-order valence-corrected chi connectivity index (χ2v) is 8.79. The lowest BCUT2D eigenvalue weighted by Gasteiger charge is -2.40. The first kappa shape index (κ1) is 14.8. The molecule has 4 rings (SSSR count). The predicted octanol–water partition coefficient (Wildman–Crippen LogP) is 6.57. The van der Waals surface area contributed by atoms with Gasteiger partial charge < -0.3 is 0 Å².